The van der Waals surface area contributed by atoms with E-state index in [1.54, 1.807) is 70.5 Å². The third-order valence-corrected chi connectivity index (χ3v) is 10.1. The topological polar surface area (TPSA) is 193 Å². The zero-order chi connectivity index (χ0) is 40.8. The Bertz CT molecular complexity index is 2120. The number of aliphatic hydroxyl groups is 1. The first-order chi connectivity index (χ1) is 28.1. The van der Waals surface area contributed by atoms with Crippen LogP contribution in [0.15, 0.2) is 97.1 Å². The van der Waals surface area contributed by atoms with Gasteiger partial charge in [0.15, 0.2) is 0 Å². The Morgan fingerprint density at radius 2 is 1.05 bits per heavy atom. The molecule has 0 spiro atoms. The number of rotatable bonds is 9. The zero-order valence-corrected chi connectivity index (χ0v) is 31.7. The summed E-state index contributed by atoms with van der Waals surface area (Å²) in [5.74, 6) is -1.17. The molecule has 6 amide bonds. The number of nitrogens with zero attached hydrogens (tertiary/aromatic N) is 4. The number of anilines is 3. The lowest BCUT2D eigenvalue weighted by Crippen LogP contribution is -2.41. The molecule has 4 aromatic carbocycles. The van der Waals surface area contributed by atoms with Crippen molar-refractivity contribution in [3.8, 4) is 0 Å². The fourth-order valence-electron chi connectivity index (χ4n) is 6.90. The molecule has 15 nitrogen and oxygen atoms in total. The number of carbonyl (C=O) groups is 6. The molecule has 5 aliphatic heterocycles. The number of β-amino-alcohol motifs (C(OH)–C–C–N with tert-alkyl or cyclic N) is 1. The molecule has 15 heteroatoms. The van der Waals surface area contributed by atoms with E-state index in [1.165, 1.54) is 4.90 Å². The Hall–Kier alpha value is -6.26. The van der Waals surface area contributed by atoms with Crippen LogP contribution in [0.1, 0.15) is 53.4 Å². The standard InChI is InChI=1S/C22H22N2O5.C11H9NO3.C10H12N2O2/c25-17(13-24-21(27)18-3-1-2-4-19(18)22(24)28)10-7-15-5-8-16(9-6-15)23-11-12-29-14-20(23)26;13-10-8-3-1-2-4-9(8)11(14)12(10)5-7-6-15-7;11-8-1-3-9(4-2-8)12-5-6-14-7-10(12)13/h1-6,8-9,17,25H,7,10-14H2;1-4,7H,5-6H2;1-4H,5-7,11H2/t17-;7-;/m10./s1. The van der Waals surface area contributed by atoms with Crippen LogP contribution in [0.25, 0.3) is 0 Å². The van der Waals surface area contributed by atoms with E-state index in [-0.39, 0.29) is 61.3 Å². The van der Waals surface area contributed by atoms with E-state index in [0.29, 0.717) is 80.2 Å². The molecule has 4 aromatic rings. The Morgan fingerprint density at radius 1 is 0.621 bits per heavy atom. The van der Waals surface area contributed by atoms with Crippen LogP contribution in [0, 0.1) is 0 Å². The largest absolute Gasteiger partial charge is 0.399 e. The minimum Gasteiger partial charge on any atom is -0.399 e. The molecule has 3 saturated heterocycles. The summed E-state index contributed by atoms with van der Waals surface area (Å²) in [4.78, 5) is 77.5. The van der Waals surface area contributed by atoms with E-state index in [4.69, 9.17) is 19.9 Å². The van der Waals surface area contributed by atoms with Crippen LogP contribution in [0.2, 0.25) is 0 Å². The predicted molar refractivity (Wildman–Crippen MR) is 211 cm³/mol. The van der Waals surface area contributed by atoms with Crippen LogP contribution in [-0.2, 0) is 30.2 Å². The molecule has 0 bridgehead atoms. The fourth-order valence-corrected chi connectivity index (χ4v) is 6.90. The van der Waals surface area contributed by atoms with Crippen LogP contribution in [0.5, 0.6) is 0 Å². The van der Waals surface area contributed by atoms with Gasteiger partial charge < -0.3 is 34.9 Å². The summed E-state index contributed by atoms with van der Waals surface area (Å²) in [6.07, 6.45) is 0.259. The van der Waals surface area contributed by atoms with Crippen molar-refractivity contribution in [3.63, 3.8) is 0 Å². The minimum atomic E-state index is -0.808. The lowest BCUT2D eigenvalue weighted by molar-refractivity contribution is -0.126. The van der Waals surface area contributed by atoms with Gasteiger partial charge in [-0.15, -0.1) is 0 Å². The summed E-state index contributed by atoms with van der Waals surface area (Å²) in [5, 5.41) is 10.4. The maximum Gasteiger partial charge on any atom is 0.261 e. The van der Waals surface area contributed by atoms with Crippen LogP contribution >= 0.6 is 0 Å². The van der Waals surface area contributed by atoms with Crippen LogP contribution in [0.4, 0.5) is 17.1 Å². The number of imide groups is 2. The molecule has 300 valence electrons. The number of aliphatic hydroxyl groups excluding tert-OH is 1. The van der Waals surface area contributed by atoms with E-state index in [2.05, 4.69) is 0 Å². The van der Waals surface area contributed by atoms with Crippen molar-refractivity contribution in [1.29, 1.82) is 0 Å². The van der Waals surface area contributed by atoms with Gasteiger partial charge in [0.05, 0.1) is 67.4 Å². The van der Waals surface area contributed by atoms with E-state index in [9.17, 15) is 33.9 Å². The van der Waals surface area contributed by atoms with Gasteiger partial charge in [-0.05, 0) is 79.1 Å². The molecular formula is C43H43N5O10. The van der Waals surface area contributed by atoms with Crippen molar-refractivity contribution in [3.05, 3.63) is 125 Å². The number of nitrogens with two attached hydrogens (primary N) is 1. The predicted octanol–water partition coefficient (Wildman–Crippen LogP) is 2.95. The second-order valence-electron chi connectivity index (χ2n) is 14.1. The highest BCUT2D eigenvalue weighted by Crippen LogP contribution is 2.26. The number of ether oxygens (including phenoxy) is 3. The molecule has 58 heavy (non-hydrogen) atoms. The van der Waals surface area contributed by atoms with Gasteiger partial charge in [-0.2, -0.15) is 0 Å². The summed E-state index contributed by atoms with van der Waals surface area (Å²) in [6, 6.07) is 28.5. The van der Waals surface area contributed by atoms with E-state index < -0.39 is 6.10 Å². The van der Waals surface area contributed by atoms with Gasteiger partial charge in [-0.25, -0.2) is 0 Å². The number of fused-ring (bicyclic) bond motifs is 2. The number of morpholine rings is 2. The lowest BCUT2D eigenvalue weighted by atomic mass is 10.1. The van der Waals surface area contributed by atoms with Crippen molar-refractivity contribution >= 4 is 52.5 Å². The van der Waals surface area contributed by atoms with E-state index in [0.717, 1.165) is 21.8 Å². The third-order valence-electron chi connectivity index (χ3n) is 10.1. The van der Waals surface area contributed by atoms with Gasteiger partial charge in [0.25, 0.3) is 35.4 Å². The maximum absolute atomic E-state index is 12.4. The molecule has 3 N–H and O–H groups in total. The quantitative estimate of drug-likeness (QED) is 0.144. The molecule has 0 aromatic heterocycles. The first-order valence-corrected chi connectivity index (χ1v) is 19.0. The Morgan fingerprint density at radius 3 is 1.48 bits per heavy atom. The third kappa shape index (κ3) is 9.13. The second kappa shape index (κ2) is 17.9. The van der Waals surface area contributed by atoms with Gasteiger partial charge in [-0.3, -0.25) is 38.6 Å². The SMILES string of the molecule is Nc1ccc(N2CCOCC2=O)cc1.O=C1c2ccccc2C(=O)N1C[C@H](O)CCc1ccc(N2CCOCC2=O)cc1.O=C1c2ccccc2C(=O)N1C[C@H]1CO1. The normalized spacial score (nSPS) is 18.9. The van der Waals surface area contributed by atoms with Gasteiger partial charge in [0.2, 0.25) is 0 Å². The number of amides is 6. The number of carbonyl (C=O) groups excluding carboxylic acids is 6. The smallest absolute Gasteiger partial charge is 0.261 e. The number of nitrogen functional groups attached to an aromatic ring is 1. The van der Waals surface area contributed by atoms with Crippen molar-refractivity contribution < 1.29 is 48.1 Å². The maximum atomic E-state index is 12.4. The summed E-state index contributed by atoms with van der Waals surface area (Å²) in [7, 11) is 0. The van der Waals surface area contributed by atoms with Crippen molar-refractivity contribution in [2.45, 2.75) is 25.0 Å². The molecule has 0 radical (unpaired) electrons. The summed E-state index contributed by atoms with van der Waals surface area (Å²) in [5.41, 5.74) is 10.8. The summed E-state index contributed by atoms with van der Waals surface area (Å²) in [6.45, 7) is 3.55. The van der Waals surface area contributed by atoms with Crippen molar-refractivity contribution in [2.24, 2.45) is 0 Å². The highest BCUT2D eigenvalue weighted by molar-refractivity contribution is 6.22. The Balaban J connectivity index is 0.000000147. The number of hydrogen-bond donors (Lipinski definition) is 2. The summed E-state index contributed by atoms with van der Waals surface area (Å²) < 4.78 is 15.2. The summed E-state index contributed by atoms with van der Waals surface area (Å²) >= 11 is 0. The van der Waals surface area contributed by atoms with E-state index in [1.807, 2.05) is 36.4 Å². The number of benzene rings is 4. The number of epoxide rings is 1. The van der Waals surface area contributed by atoms with Gasteiger partial charge >= 0.3 is 0 Å². The molecule has 0 aliphatic carbocycles. The lowest BCUT2D eigenvalue weighted by Gasteiger charge is -2.27. The molecule has 2 atom stereocenters. The average molecular weight is 790 g/mol. The number of aryl methyl sites for hydroxylation is 1. The molecule has 0 saturated carbocycles. The van der Waals surface area contributed by atoms with Gasteiger partial charge in [0, 0.05) is 30.2 Å². The van der Waals surface area contributed by atoms with Crippen molar-refractivity contribution in [1.82, 2.24) is 9.80 Å². The highest BCUT2D eigenvalue weighted by atomic mass is 16.6. The molecule has 5 heterocycles. The highest BCUT2D eigenvalue weighted by Gasteiger charge is 2.39. The van der Waals surface area contributed by atoms with Crippen LogP contribution < -0.4 is 15.5 Å². The first-order valence-electron chi connectivity index (χ1n) is 19.0. The van der Waals surface area contributed by atoms with Crippen LogP contribution in [0.3, 0.4) is 0 Å². The molecule has 5 aliphatic rings. The zero-order valence-electron chi connectivity index (χ0n) is 31.7. The van der Waals surface area contributed by atoms with Crippen LogP contribution in [-0.4, -0.2) is 122 Å². The Labute approximate surface area is 334 Å². The van der Waals surface area contributed by atoms with Gasteiger partial charge in [-0.1, -0.05) is 36.4 Å². The fraction of sp³-hybridized carbons (Fsp3) is 0.302. The Kier molecular flexibility index (Phi) is 12.3. The molecule has 3 fully saturated rings. The monoisotopic (exact) mass is 789 g/mol. The first kappa shape index (κ1) is 40.0. The minimum absolute atomic E-state index is 0.000946. The molecule has 0 unspecified atom stereocenters. The molecule has 9 rings (SSSR count). The van der Waals surface area contributed by atoms with Gasteiger partial charge in [0.1, 0.15) is 13.2 Å². The van der Waals surface area contributed by atoms with E-state index >= 15 is 0 Å². The van der Waals surface area contributed by atoms with Crippen molar-refractivity contribution in [2.75, 3.05) is 74.7 Å². The second-order valence-corrected chi connectivity index (χ2v) is 14.1. The number of hydrogen-bond acceptors (Lipinski definition) is 11. The molecular weight excluding hydrogens is 746 g/mol. The average Bonchev–Trinajstić information content (AvgIpc) is 4.01.